The Kier molecular flexibility index (Phi) is 5.66. The van der Waals surface area contributed by atoms with E-state index >= 15 is 0 Å². The lowest BCUT2D eigenvalue weighted by atomic mass is 10.2. The van der Waals surface area contributed by atoms with Gasteiger partial charge >= 0.3 is 12.2 Å². The second-order valence-electron chi connectivity index (χ2n) is 6.77. The average Bonchev–Trinajstić information content (AvgIpc) is 3.19. The molecule has 3 aromatic carbocycles. The molecule has 2 amide bonds. The second-order valence-corrected chi connectivity index (χ2v) is 7.29. The van der Waals surface area contributed by atoms with Crippen LogP contribution >= 0.6 is 11.7 Å². The normalized spacial score (nSPS) is 11.4. The second kappa shape index (κ2) is 8.42. The van der Waals surface area contributed by atoms with Gasteiger partial charge in [0.25, 0.3) is 0 Å². The number of alkyl halides is 3. The minimum absolute atomic E-state index is 0.376. The molecule has 4 rings (SSSR count). The topological polar surface area (TPSA) is 76.1 Å². The van der Waals surface area contributed by atoms with E-state index in [4.69, 9.17) is 4.74 Å². The van der Waals surface area contributed by atoms with Crippen molar-refractivity contribution in [2.24, 2.45) is 0 Å². The van der Waals surface area contributed by atoms with Crippen LogP contribution in [-0.4, -0.2) is 14.8 Å². The number of fused-ring (bicyclic) bond motifs is 1. The molecule has 4 aromatic rings. The third-order valence-corrected chi connectivity index (χ3v) is 5.01. The van der Waals surface area contributed by atoms with Crippen LogP contribution in [0.25, 0.3) is 11.0 Å². The first-order valence-electron chi connectivity index (χ1n) is 9.14. The van der Waals surface area contributed by atoms with Crippen LogP contribution in [0, 0.1) is 12.7 Å². The number of anilines is 2. The van der Waals surface area contributed by atoms with Crippen molar-refractivity contribution in [1.29, 1.82) is 0 Å². The van der Waals surface area contributed by atoms with E-state index in [0.29, 0.717) is 46.5 Å². The van der Waals surface area contributed by atoms with E-state index in [1.807, 2.05) is 0 Å². The first-order valence-corrected chi connectivity index (χ1v) is 9.88. The van der Waals surface area contributed by atoms with Gasteiger partial charge in [-0.15, -0.1) is 0 Å². The molecule has 11 heteroatoms. The van der Waals surface area contributed by atoms with Crippen molar-refractivity contribution >= 4 is 40.2 Å². The van der Waals surface area contributed by atoms with Gasteiger partial charge in [-0.1, -0.05) is 0 Å². The molecule has 0 aliphatic carbocycles. The van der Waals surface area contributed by atoms with Crippen molar-refractivity contribution in [3.8, 4) is 11.5 Å². The summed E-state index contributed by atoms with van der Waals surface area (Å²) in [5.41, 5.74) is 0.822. The molecule has 164 valence electrons. The van der Waals surface area contributed by atoms with Gasteiger partial charge in [-0.3, -0.25) is 0 Å². The number of rotatable bonds is 4. The zero-order valence-electron chi connectivity index (χ0n) is 16.3. The largest absolute Gasteiger partial charge is 0.457 e. The number of aryl methyl sites for hydroxylation is 1. The molecule has 0 unspecified atom stereocenters. The minimum atomic E-state index is -4.66. The van der Waals surface area contributed by atoms with E-state index < -0.39 is 29.3 Å². The maximum absolute atomic E-state index is 13.8. The summed E-state index contributed by atoms with van der Waals surface area (Å²) < 4.78 is 66.4. The lowest BCUT2D eigenvalue weighted by molar-refractivity contribution is -0.137. The molecule has 0 fully saturated rings. The quantitative estimate of drug-likeness (QED) is 0.335. The van der Waals surface area contributed by atoms with Crippen molar-refractivity contribution in [3.05, 3.63) is 71.5 Å². The van der Waals surface area contributed by atoms with Crippen LogP contribution in [0.3, 0.4) is 0 Å². The first kappa shape index (κ1) is 21.5. The van der Waals surface area contributed by atoms with Gasteiger partial charge in [0.2, 0.25) is 0 Å². The number of hydrogen-bond acceptors (Lipinski definition) is 5. The lowest BCUT2D eigenvalue weighted by Gasteiger charge is -2.13. The number of nitrogens with one attached hydrogen (secondary N) is 2. The molecule has 0 bridgehead atoms. The highest BCUT2D eigenvalue weighted by molar-refractivity contribution is 7.00. The molecule has 0 radical (unpaired) electrons. The molecule has 1 heterocycles. The smallest absolute Gasteiger partial charge is 0.416 e. The Morgan fingerprint density at radius 1 is 0.906 bits per heavy atom. The van der Waals surface area contributed by atoms with Gasteiger partial charge in [0.1, 0.15) is 28.3 Å². The van der Waals surface area contributed by atoms with Crippen molar-refractivity contribution in [1.82, 2.24) is 8.75 Å². The van der Waals surface area contributed by atoms with Crippen LogP contribution in [-0.2, 0) is 6.18 Å². The third-order valence-electron chi connectivity index (χ3n) is 4.45. The average molecular weight is 462 g/mol. The van der Waals surface area contributed by atoms with Crippen LogP contribution in [0.1, 0.15) is 11.1 Å². The van der Waals surface area contributed by atoms with Crippen LogP contribution in [0.2, 0.25) is 0 Å². The zero-order valence-corrected chi connectivity index (χ0v) is 17.1. The predicted octanol–water partition coefficient (Wildman–Crippen LogP) is 6.59. The van der Waals surface area contributed by atoms with E-state index in [9.17, 15) is 22.4 Å². The highest BCUT2D eigenvalue weighted by Gasteiger charge is 2.31. The molecule has 0 saturated heterocycles. The summed E-state index contributed by atoms with van der Waals surface area (Å²) in [6, 6.07) is 11.0. The Morgan fingerprint density at radius 2 is 1.59 bits per heavy atom. The number of halogens is 4. The summed E-state index contributed by atoms with van der Waals surface area (Å²) >= 11 is 1.10. The Bertz CT molecular complexity index is 1310. The van der Waals surface area contributed by atoms with Crippen molar-refractivity contribution in [2.75, 3.05) is 10.6 Å². The number of aromatic nitrogens is 2. The van der Waals surface area contributed by atoms with Crippen molar-refractivity contribution in [2.45, 2.75) is 13.1 Å². The fourth-order valence-electron chi connectivity index (χ4n) is 2.87. The van der Waals surface area contributed by atoms with E-state index in [1.165, 1.54) is 0 Å². The molecular weight excluding hydrogens is 448 g/mol. The fraction of sp³-hybridized carbons (Fsp3) is 0.0952. The Labute approximate surface area is 183 Å². The van der Waals surface area contributed by atoms with Crippen molar-refractivity contribution in [3.63, 3.8) is 0 Å². The zero-order chi connectivity index (χ0) is 22.9. The molecule has 0 aliphatic rings. The predicted molar refractivity (Wildman–Crippen MR) is 113 cm³/mol. The Hall–Kier alpha value is -3.73. The number of carbonyl (C=O) groups is 1. The highest BCUT2D eigenvalue weighted by Crippen LogP contribution is 2.32. The van der Waals surface area contributed by atoms with Gasteiger partial charge in [-0.2, -0.15) is 21.9 Å². The molecule has 32 heavy (non-hydrogen) atoms. The number of ether oxygens (including phenoxy) is 1. The Balaban J connectivity index is 1.45. The van der Waals surface area contributed by atoms with Crippen LogP contribution < -0.4 is 15.4 Å². The summed E-state index contributed by atoms with van der Waals surface area (Å²) in [6.07, 6.45) is -4.66. The maximum atomic E-state index is 13.8. The highest BCUT2D eigenvalue weighted by atomic mass is 32.1. The van der Waals surface area contributed by atoms with E-state index in [-0.39, 0.29) is 0 Å². The summed E-state index contributed by atoms with van der Waals surface area (Å²) in [7, 11) is 0. The van der Waals surface area contributed by atoms with Gasteiger partial charge in [-0.25, -0.2) is 9.18 Å². The number of amides is 2. The van der Waals surface area contributed by atoms with Crippen LogP contribution in [0.4, 0.5) is 33.7 Å². The Morgan fingerprint density at radius 3 is 2.34 bits per heavy atom. The van der Waals surface area contributed by atoms with Crippen LogP contribution in [0.15, 0.2) is 54.6 Å². The number of hydrogen-bond donors (Lipinski definition) is 2. The summed E-state index contributed by atoms with van der Waals surface area (Å²) in [6.45, 7) is 1.71. The number of nitrogens with zero attached hydrogens (tertiary/aromatic N) is 2. The summed E-state index contributed by atoms with van der Waals surface area (Å²) in [4.78, 5) is 12.2. The van der Waals surface area contributed by atoms with E-state index in [2.05, 4.69) is 19.4 Å². The van der Waals surface area contributed by atoms with Crippen LogP contribution in [0.5, 0.6) is 11.5 Å². The molecular formula is C21H14F4N4O2S. The van der Waals surface area contributed by atoms with Gasteiger partial charge in [0.15, 0.2) is 0 Å². The monoisotopic (exact) mass is 462 g/mol. The molecule has 0 spiro atoms. The number of carbonyl (C=O) groups excluding carboxylic acids is 1. The SMILES string of the molecule is Cc1cc(Oc2ccc3nsnc3c2)ccc1NC(=O)Nc1cc(C(F)(F)F)ccc1F. The standard InChI is InChI=1S/C21H14F4N4O2S/c1-11-8-13(31-14-4-7-17-19(10-14)29-32-28-17)3-6-16(11)26-20(30)27-18-9-12(21(23,24)25)2-5-15(18)22/h2-10H,1H3,(H2,26,27,30). The molecule has 1 aromatic heterocycles. The van der Waals surface area contributed by atoms with Gasteiger partial charge in [0.05, 0.1) is 23.0 Å². The van der Waals surface area contributed by atoms with Gasteiger partial charge in [-0.05, 0) is 61.0 Å². The number of benzene rings is 3. The lowest BCUT2D eigenvalue weighted by Crippen LogP contribution is -2.21. The first-order chi connectivity index (χ1) is 15.2. The minimum Gasteiger partial charge on any atom is -0.457 e. The van der Waals surface area contributed by atoms with E-state index in [1.54, 1.807) is 43.3 Å². The number of urea groups is 1. The molecule has 0 atom stereocenters. The fourth-order valence-corrected chi connectivity index (χ4v) is 3.39. The molecule has 6 nitrogen and oxygen atoms in total. The molecule has 2 N–H and O–H groups in total. The summed E-state index contributed by atoms with van der Waals surface area (Å²) in [5.74, 6) is 0.0731. The molecule has 0 aliphatic heterocycles. The van der Waals surface area contributed by atoms with Gasteiger partial charge in [0, 0.05) is 11.8 Å². The van der Waals surface area contributed by atoms with Gasteiger partial charge < -0.3 is 15.4 Å². The van der Waals surface area contributed by atoms with Crippen molar-refractivity contribution < 1.29 is 27.1 Å². The third kappa shape index (κ3) is 4.78. The molecule has 0 saturated carbocycles. The summed E-state index contributed by atoms with van der Waals surface area (Å²) in [5, 5.41) is 4.58. The maximum Gasteiger partial charge on any atom is 0.416 e. The van der Waals surface area contributed by atoms with E-state index in [0.717, 1.165) is 17.2 Å².